The van der Waals surface area contributed by atoms with Gasteiger partial charge in [0, 0.05) is 35.2 Å². The van der Waals surface area contributed by atoms with Crippen LogP contribution in [-0.2, 0) is 24.2 Å². The molecule has 0 unspecified atom stereocenters. The molecule has 2 saturated carbocycles. The summed E-state index contributed by atoms with van der Waals surface area (Å²) in [4.78, 5) is 46.7. The molecule has 1 aromatic heterocycles. The second kappa shape index (κ2) is 10.7. The average molecular weight is 600 g/mol. The first-order valence-corrected chi connectivity index (χ1v) is 16.1. The van der Waals surface area contributed by atoms with Gasteiger partial charge in [-0.1, -0.05) is 39.8 Å². The standard InChI is InChI=1S/C31H38FN3O6S/c1-6-19-15-31(19,26(36)17-42(39,40)21-10-11-21)34-27(37)25-14-20(16-35(25)29(38)18(2)30(3,4)5)41-28-23-8-7-9-24(32)22(23)12-13-33-28/h6-9,12-13,18-21,25H,1,10-11,14-17H2,2-5H3,(H,34,37)/t18-,19-,20-,25+,31-/m1/s1. The number of benzene rings is 1. The van der Waals surface area contributed by atoms with Gasteiger partial charge in [-0.15, -0.1) is 6.58 Å². The fourth-order valence-corrected chi connectivity index (χ4v) is 7.37. The number of carbonyl (C=O) groups is 3. The van der Waals surface area contributed by atoms with Crippen LogP contribution in [0.15, 0.2) is 43.1 Å². The van der Waals surface area contributed by atoms with Gasteiger partial charge < -0.3 is 15.0 Å². The van der Waals surface area contributed by atoms with Gasteiger partial charge in [-0.3, -0.25) is 14.4 Å². The molecule has 0 spiro atoms. The molecule has 11 heteroatoms. The number of likely N-dealkylation sites (tertiary alicyclic amines) is 1. The highest BCUT2D eigenvalue weighted by Crippen LogP contribution is 2.46. The van der Waals surface area contributed by atoms with Gasteiger partial charge in [0.05, 0.1) is 11.8 Å². The molecule has 2 aliphatic carbocycles. The number of hydrogen-bond donors (Lipinski definition) is 1. The molecule has 9 nitrogen and oxygen atoms in total. The summed E-state index contributed by atoms with van der Waals surface area (Å²) in [6.07, 6.45) is 3.83. The number of carbonyl (C=O) groups excluding carboxylic acids is 3. The van der Waals surface area contributed by atoms with Crippen molar-refractivity contribution < 1.29 is 31.9 Å². The van der Waals surface area contributed by atoms with Crippen molar-refractivity contribution in [1.29, 1.82) is 0 Å². The van der Waals surface area contributed by atoms with Crippen LogP contribution in [0.1, 0.15) is 53.4 Å². The normalized spacial score (nSPS) is 26.5. The van der Waals surface area contributed by atoms with E-state index >= 15 is 0 Å². The second-order valence-electron chi connectivity index (χ2n) is 13.0. The number of halogens is 1. The smallest absolute Gasteiger partial charge is 0.243 e. The van der Waals surface area contributed by atoms with E-state index in [1.54, 1.807) is 24.3 Å². The maximum Gasteiger partial charge on any atom is 0.243 e. The van der Waals surface area contributed by atoms with Crippen molar-refractivity contribution in [2.45, 2.75) is 76.3 Å². The number of sulfone groups is 1. The number of nitrogens with zero attached hydrogens (tertiary/aromatic N) is 2. The van der Waals surface area contributed by atoms with Crippen LogP contribution in [0, 0.1) is 23.1 Å². The van der Waals surface area contributed by atoms with Gasteiger partial charge in [0.25, 0.3) is 0 Å². The first kappa shape index (κ1) is 30.1. The molecule has 0 bridgehead atoms. The predicted molar refractivity (Wildman–Crippen MR) is 156 cm³/mol. The minimum absolute atomic E-state index is 0.0899. The van der Waals surface area contributed by atoms with E-state index in [1.807, 2.05) is 27.7 Å². The first-order chi connectivity index (χ1) is 19.7. The van der Waals surface area contributed by atoms with Crippen LogP contribution in [0.2, 0.25) is 0 Å². The zero-order valence-corrected chi connectivity index (χ0v) is 25.2. The van der Waals surface area contributed by atoms with Gasteiger partial charge in [0.1, 0.15) is 29.3 Å². The highest BCUT2D eigenvalue weighted by atomic mass is 32.2. The van der Waals surface area contributed by atoms with Crippen molar-refractivity contribution in [2.75, 3.05) is 12.3 Å². The van der Waals surface area contributed by atoms with Crippen molar-refractivity contribution in [1.82, 2.24) is 15.2 Å². The molecule has 2 aromatic rings. The molecule has 2 heterocycles. The Morgan fingerprint density at radius 2 is 1.95 bits per heavy atom. The number of Topliss-reactive ketones (excluding diaryl/α,β-unsaturated/α-hetero) is 1. The summed E-state index contributed by atoms with van der Waals surface area (Å²) in [6, 6.07) is 5.18. The topological polar surface area (TPSA) is 123 Å². The average Bonchev–Trinajstić information content (AvgIpc) is 3.85. The summed E-state index contributed by atoms with van der Waals surface area (Å²) in [5.74, 6) is -3.03. The van der Waals surface area contributed by atoms with Crippen molar-refractivity contribution in [3.05, 3.63) is 48.9 Å². The van der Waals surface area contributed by atoms with Gasteiger partial charge in [-0.2, -0.15) is 0 Å². The number of amides is 2. The van der Waals surface area contributed by atoms with Gasteiger partial charge in [-0.25, -0.2) is 17.8 Å². The van der Waals surface area contributed by atoms with Crippen molar-refractivity contribution >= 4 is 38.2 Å². The number of pyridine rings is 1. The molecule has 1 aliphatic heterocycles. The quantitative estimate of drug-likeness (QED) is 0.414. The third-order valence-corrected chi connectivity index (χ3v) is 11.2. The molecule has 3 fully saturated rings. The maximum absolute atomic E-state index is 14.4. The number of rotatable bonds is 10. The zero-order valence-electron chi connectivity index (χ0n) is 24.4. The van der Waals surface area contributed by atoms with Crippen molar-refractivity contribution in [2.24, 2.45) is 17.3 Å². The molecule has 2 amide bonds. The summed E-state index contributed by atoms with van der Waals surface area (Å²) >= 11 is 0. The largest absolute Gasteiger partial charge is 0.472 e. The first-order valence-electron chi connectivity index (χ1n) is 14.4. The molecule has 1 saturated heterocycles. The highest BCUT2D eigenvalue weighted by Gasteiger charge is 2.61. The maximum atomic E-state index is 14.4. The summed E-state index contributed by atoms with van der Waals surface area (Å²) in [5, 5.41) is 3.16. The molecule has 5 atom stereocenters. The van der Waals surface area contributed by atoms with Crippen molar-refractivity contribution in [3.8, 4) is 5.88 Å². The molecule has 5 rings (SSSR count). The number of fused-ring (bicyclic) bond motifs is 1. The predicted octanol–water partition coefficient (Wildman–Crippen LogP) is 3.61. The van der Waals surface area contributed by atoms with Crippen LogP contribution < -0.4 is 10.1 Å². The molecule has 226 valence electrons. The lowest BCUT2D eigenvalue weighted by Gasteiger charge is -2.33. The molecule has 1 N–H and O–H groups in total. The Kier molecular flexibility index (Phi) is 7.70. The Morgan fingerprint density at radius 3 is 2.57 bits per heavy atom. The van der Waals surface area contributed by atoms with E-state index < -0.39 is 67.9 Å². The lowest BCUT2D eigenvalue weighted by Crippen LogP contribution is -2.55. The Labute approximate surface area is 245 Å². The molecular weight excluding hydrogens is 561 g/mol. The summed E-state index contributed by atoms with van der Waals surface area (Å²) in [6.45, 7) is 11.5. The molecular formula is C31H38FN3O6S. The molecule has 1 aromatic carbocycles. The lowest BCUT2D eigenvalue weighted by atomic mass is 9.81. The summed E-state index contributed by atoms with van der Waals surface area (Å²) in [7, 11) is -3.59. The summed E-state index contributed by atoms with van der Waals surface area (Å²) in [5.41, 5.74) is -1.75. The van der Waals surface area contributed by atoms with E-state index in [1.165, 1.54) is 17.2 Å². The Bertz CT molecular complexity index is 1550. The van der Waals surface area contributed by atoms with Crippen LogP contribution in [-0.4, -0.2) is 71.1 Å². The van der Waals surface area contributed by atoms with Crippen LogP contribution in [0.3, 0.4) is 0 Å². The number of ketones is 1. The molecule has 42 heavy (non-hydrogen) atoms. The van der Waals surface area contributed by atoms with Gasteiger partial charge in [-0.05, 0) is 42.9 Å². The zero-order chi connectivity index (χ0) is 30.6. The van der Waals surface area contributed by atoms with E-state index in [9.17, 15) is 27.2 Å². The van der Waals surface area contributed by atoms with E-state index in [0.29, 0.717) is 23.6 Å². The monoisotopic (exact) mass is 599 g/mol. The molecule has 0 radical (unpaired) electrons. The third-order valence-electron chi connectivity index (χ3n) is 9.02. The second-order valence-corrected chi connectivity index (χ2v) is 15.2. The van der Waals surface area contributed by atoms with E-state index in [0.717, 1.165) is 0 Å². The number of aromatic nitrogens is 1. The summed E-state index contributed by atoms with van der Waals surface area (Å²) < 4.78 is 45.8. The lowest BCUT2D eigenvalue weighted by molar-refractivity contribution is -0.144. The minimum Gasteiger partial charge on any atom is -0.472 e. The van der Waals surface area contributed by atoms with E-state index in [2.05, 4.69) is 16.9 Å². The van der Waals surface area contributed by atoms with E-state index in [4.69, 9.17) is 4.74 Å². The van der Waals surface area contributed by atoms with Gasteiger partial charge in [0.2, 0.25) is 17.7 Å². The van der Waals surface area contributed by atoms with Crippen molar-refractivity contribution in [3.63, 3.8) is 0 Å². The number of nitrogens with one attached hydrogen (secondary N) is 1. The fraction of sp³-hybridized carbons (Fsp3) is 0.548. The van der Waals surface area contributed by atoms with Crippen LogP contribution in [0.5, 0.6) is 5.88 Å². The fourth-order valence-electron chi connectivity index (χ4n) is 5.65. The van der Waals surface area contributed by atoms with E-state index in [-0.39, 0.29) is 36.6 Å². The Morgan fingerprint density at radius 1 is 1.24 bits per heavy atom. The number of hydrogen-bond acceptors (Lipinski definition) is 7. The van der Waals surface area contributed by atoms with Crippen LogP contribution in [0.4, 0.5) is 4.39 Å². The Hall–Kier alpha value is -3.34. The minimum atomic E-state index is -3.59. The Balaban J connectivity index is 1.40. The SMILES string of the molecule is C=C[C@@H]1C[C@]1(NC(=O)[C@@H]1C[C@@H](Oc2nccc3c(F)cccc23)CN1C(=O)[C@@H](C)C(C)(C)C)C(=O)CS(=O)(=O)C1CC1. The van der Waals surface area contributed by atoms with Gasteiger partial charge >= 0.3 is 0 Å². The number of ether oxygens (including phenoxy) is 1. The highest BCUT2D eigenvalue weighted by molar-refractivity contribution is 7.93. The van der Waals surface area contributed by atoms with Crippen LogP contribution in [0.25, 0.3) is 10.8 Å². The van der Waals surface area contributed by atoms with Crippen LogP contribution >= 0.6 is 0 Å². The third kappa shape index (κ3) is 5.67. The molecule has 3 aliphatic rings. The van der Waals surface area contributed by atoms with Gasteiger partial charge in [0.15, 0.2) is 15.6 Å².